The Morgan fingerprint density at radius 1 is 0.857 bits per heavy atom. The molecule has 21 heavy (non-hydrogen) atoms. The molecule has 1 aliphatic heterocycles. The molecule has 0 bridgehead atoms. The number of rotatable bonds is 2. The summed E-state index contributed by atoms with van der Waals surface area (Å²) in [5, 5.41) is 0. The highest BCUT2D eigenvalue weighted by atomic mass is 32.2. The zero-order valence-electron chi connectivity index (χ0n) is 12.5. The second-order valence-electron chi connectivity index (χ2n) is 6.75. The largest absolute Gasteiger partial charge is 0.234 e. The van der Waals surface area contributed by atoms with Gasteiger partial charge in [0.05, 0.1) is 5.75 Å². The molecule has 0 aromatic heterocycles. The van der Waals surface area contributed by atoms with E-state index in [1.807, 2.05) is 0 Å². The van der Waals surface area contributed by atoms with Crippen LogP contribution >= 0.6 is 0 Å². The van der Waals surface area contributed by atoms with Crippen molar-refractivity contribution in [1.82, 2.24) is 0 Å². The summed E-state index contributed by atoms with van der Waals surface area (Å²) in [4.78, 5) is 22.3. The predicted octanol–water partition coefficient (Wildman–Crippen LogP) is 2.49. The average Bonchev–Trinajstić information content (AvgIpc) is 2.45. The summed E-state index contributed by atoms with van der Waals surface area (Å²) in [7, 11) is -2.93. The molecule has 2 saturated carbocycles. The zero-order chi connectivity index (χ0) is 15.0. The fraction of sp³-hybridized carbons (Fsp3) is 1.00. The third-order valence-corrected chi connectivity index (χ3v) is 5.79. The van der Waals surface area contributed by atoms with Crippen molar-refractivity contribution >= 4 is 9.84 Å². The van der Waals surface area contributed by atoms with Gasteiger partial charge in [0.15, 0.2) is 0 Å². The Hall–Kier alpha value is -0.210. The van der Waals surface area contributed by atoms with Crippen LogP contribution in [0.4, 0.5) is 0 Å². The van der Waals surface area contributed by atoms with Gasteiger partial charge in [0, 0.05) is 31.9 Å². The molecule has 0 atom stereocenters. The molecule has 0 aromatic rings. The fourth-order valence-electron chi connectivity index (χ4n) is 3.47. The first-order valence-corrected chi connectivity index (χ1v) is 9.88. The Morgan fingerprint density at radius 2 is 1.33 bits per heavy atom. The first-order valence-electron chi connectivity index (χ1n) is 7.82. The van der Waals surface area contributed by atoms with E-state index in [1.165, 1.54) is 12.7 Å². The molecule has 1 heterocycles. The van der Waals surface area contributed by atoms with Gasteiger partial charge < -0.3 is 0 Å². The van der Waals surface area contributed by atoms with Crippen molar-refractivity contribution in [1.29, 1.82) is 0 Å². The molecule has 3 rings (SSSR count). The monoisotopic (exact) mass is 320 g/mol. The van der Waals surface area contributed by atoms with Gasteiger partial charge in [-0.3, -0.25) is 0 Å². The first-order chi connectivity index (χ1) is 9.91. The summed E-state index contributed by atoms with van der Waals surface area (Å²) in [6, 6.07) is 0. The quantitative estimate of drug-likeness (QED) is 0.728. The van der Waals surface area contributed by atoms with Gasteiger partial charge in [0.1, 0.15) is 9.84 Å². The van der Waals surface area contributed by atoms with Crippen LogP contribution < -0.4 is 0 Å². The highest BCUT2D eigenvalue weighted by Crippen LogP contribution is 2.45. The fourth-order valence-corrected chi connectivity index (χ4v) is 4.66. The molecule has 3 aliphatic rings. The minimum atomic E-state index is -2.93. The maximum absolute atomic E-state index is 11.4. The lowest BCUT2D eigenvalue weighted by molar-refractivity contribution is -0.662. The minimum absolute atomic E-state index is 0.170. The molecule has 0 radical (unpaired) electrons. The number of hydrogen-bond acceptors (Lipinski definition) is 6. The van der Waals surface area contributed by atoms with E-state index in [4.69, 9.17) is 19.6 Å². The second-order valence-corrected chi connectivity index (χ2v) is 8.94. The summed E-state index contributed by atoms with van der Waals surface area (Å²) >= 11 is 0. The summed E-state index contributed by atoms with van der Waals surface area (Å²) in [6.45, 7) is 0. The minimum Gasteiger partial charge on any atom is -0.229 e. The van der Waals surface area contributed by atoms with E-state index in [2.05, 4.69) is 0 Å². The SMILES string of the molecule is CS(=O)(=O)CC1CCC2(CC1)OOC1(CCCCC1)OO2. The summed E-state index contributed by atoms with van der Waals surface area (Å²) in [6.07, 6.45) is 8.84. The van der Waals surface area contributed by atoms with Crippen LogP contribution in [0.3, 0.4) is 0 Å². The maximum Gasteiger partial charge on any atom is 0.234 e. The van der Waals surface area contributed by atoms with Gasteiger partial charge in [0.25, 0.3) is 0 Å². The lowest BCUT2D eigenvalue weighted by atomic mass is 9.86. The maximum atomic E-state index is 11.4. The zero-order valence-corrected chi connectivity index (χ0v) is 13.3. The van der Waals surface area contributed by atoms with E-state index >= 15 is 0 Å². The smallest absolute Gasteiger partial charge is 0.229 e. The normalized spacial score (nSPS) is 29.8. The topological polar surface area (TPSA) is 71.1 Å². The average molecular weight is 320 g/mol. The molecule has 2 aliphatic carbocycles. The molecule has 2 spiro atoms. The van der Waals surface area contributed by atoms with Crippen LogP contribution in [0, 0.1) is 5.92 Å². The summed E-state index contributed by atoms with van der Waals surface area (Å²) < 4.78 is 22.7. The Morgan fingerprint density at radius 3 is 1.81 bits per heavy atom. The van der Waals surface area contributed by atoms with Crippen LogP contribution in [0.25, 0.3) is 0 Å². The van der Waals surface area contributed by atoms with Gasteiger partial charge >= 0.3 is 0 Å². The van der Waals surface area contributed by atoms with E-state index < -0.39 is 21.4 Å². The van der Waals surface area contributed by atoms with Crippen molar-refractivity contribution in [2.45, 2.75) is 69.4 Å². The molecule has 0 unspecified atom stereocenters. The van der Waals surface area contributed by atoms with Crippen molar-refractivity contribution in [3.8, 4) is 0 Å². The standard InChI is InChI=1S/C14H24O6S/c1-21(15,16)11-12-5-9-14(10-6-12)19-17-13(18-20-14)7-3-2-4-8-13/h12H,2-11H2,1H3. The van der Waals surface area contributed by atoms with E-state index in [-0.39, 0.29) is 11.7 Å². The summed E-state index contributed by atoms with van der Waals surface area (Å²) in [5.74, 6) is -1.18. The van der Waals surface area contributed by atoms with Crippen LogP contribution in [-0.2, 0) is 29.4 Å². The van der Waals surface area contributed by atoms with Gasteiger partial charge in [-0.15, -0.1) is 0 Å². The van der Waals surface area contributed by atoms with Crippen LogP contribution in [0.1, 0.15) is 57.8 Å². The van der Waals surface area contributed by atoms with E-state index in [0.29, 0.717) is 12.8 Å². The van der Waals surface area contributed by atoms with Crippen molar-refractivity contribution in [3.05, 3.63) is 0 Å². The van der Waals surface area contributed by atoms with E-state index in [0.717, 1.165) is 38.5 Å². The molecule has 6 nitrogen and oxygen atoms in total. The van der Waals surface area contributed by atoms with Crippen LogP contribution in [0.2, 0.25) is 0 Å². The van der Waals surface area contributed by atoms with Gasteiger partial charge in [-0.2, -0.15) is 19.6 Å². The van der Waals surface area contributed by atoms with Crippen molar-refractivity contribution in [2.24, 2.45) is 5.92 Å². The van der Waals surface area contributed by atoms with Gasteiger partial charge in [-0.05, 0) is 31.6 Å². The Bertz CT molecular complexity index is 448. The highest BCUT2D eigenvalue weighted by molar-refractivity contribution is 7.90. The predicted molar refractivity (Wildman–Crippen MR) is 74.6 cm³/mol. The van der Waals surface area contributed by atoms with Crippen LogP contribution in [0.5, 0.6) is 0 Å². The molecular formula is C14H24O6S. The molecular weight excluding hydrogens is 296 g/mol. The van der Waals surface area contributed by atoms with Gasteiger partial charge in [0.2, 0.25) is 11.6 Å². The first kappa shape index (κ1) is 15.7. The third-order valence-electron chi connectivity index (χ3n) is 4.71. The molecule has 1 saturated heterocycles. The Balaban J connectivity index is 1.52. The molecule has 122 valence electrons. The van der Waals surface area contributed by atoms with Crippen LogP contribution in [-0.4, -0.2) is 32.0 Å². The number of sulfone groups is 1. The number of hydrogen-bond donors (Lipinski definition) is 0. The van der Waals surface area contributed by atoms with Crippen molar-refractivity contribution in [3.63, 3.8) is 0 Å². The highest BCUT2D eigenvalue weighted by Gasteiger charge is 2.50. The summed E-state index contributed by atoms with van der Waals surface area (Å²) in [5.41, 5.74) is 0. The molecule has 0 N–H and O–H groups in total. The second kappa shape index (κ2) is 5.77. The van der Waals surface area contributed by atoms with Crippen molar-refractivity contribution in [2.75, 3.05) is 12.0 Å². The lowest BCUT2D eigenvalue weighted by Crippen LogP contribution is -2.53. The molecule has 7 heteroatoms. The molecule has 0 aromatic carbocycles. The molecule has 3 fully saturated rings. The van der Waals surface area contributed by atoms with Crippen LogP contribution in [0.15, 0.2) is 0 Å². The Kier molecular flexibility index (Phi) is 4.31. The Labute approximate surface area is 125 Å². The van der Waals surface area contributed by atoms with Crippen molar-refractivity contribution < 1.29 is 28.0 Å². The van der Waals surface area contributed by atoms with Gasteiger partial charge in [-0.25, -0.2) is 8.42 Å². The molecule has 0 amide bonds. The van der Waals surface area contributed by atoms with E-state index in [1.54, 1.807) is 0 Å². The van der Waals surface area contributed by atoms with Gasteiger partial charge in [-0.1, -0.05) is 6.42 Å². The third kappa shape index (κ3) is 3.76. The van der Waals surface area contributed by atoms with E-state index in [9.17, 15) is 8.42 Å². The lowest BCUT2D eigenvalue weighted by Gasteiger charge is -2.46.